The standard InChI is InChI=1S/C20H17ClN2O3/c21-17-7-3-5-15(11-17)14-26-20-10-2-1-6-16(20)13-22-18-8-4-9-19(12-18)23(24)25/h1-12,22H,13-14H2. The second kappa shape index (κ2) is 8.36. The average Bonchev–Trinajstić information content (AvgIpc) is 2.65. The number of nitrogens with zero attached hydrogens (tertiary/aromatic N) is 1. The van der Waals surface area contributed by atoms with Crippen molar-refractivity contribution in [1.29, 1.82) is 0 Å². The number of nitrogens with one attached hydrogen (secondary N) is 1. The van der Waals surface area contributed by atoms with E-state index in [1.807, 2.05) is 48.5 Å². The zero-order chi connectivity index (χ0) is 18.4. The van der Waals surface area contributed by atoms with Crippen LogP contribution in [0.2, 0.25) is 5.02 Å². The molecule has 6 heteroatoms. The van der Waals surface area contributed by atoms with E-state index < -0.39 is 4.92 Å². The summed E-state index contributed by atoms with van der Waals surface area (Å²) in [6, 6.07) is 21.6. The third kappa shape index (κ3) is 4.74. The fourth-order valence-electron chi connectivity index (χ4n) is 2.51. The summed E-state index contributed by atoms with van der Waals surface area (Å²) < 4.78 is 5.92. The highest BCUT2D eigenvalue weighted by atomic mass is 35.5. The summed E-state index contributed by atoms with van der Waals surface area (Å²) in [5, 5.41) is 14.7. The first-order chi connectivity index (χ1) is 12.6. The van der Waals surface area contributed by atoms with Crippen molar-refractivity contribution in [1.82, 2.24) is 0 Å². The van der Waals surface area contributed by atoms with Crippen LogP contribution >= 0.6 is 11.6 Å². The summed E-state index contributed by atoms with van der Waals surface area (Å²) in [7, 11) is 0. The number of anilines is 1. The van der Waals surface area contributed by atoms with Gasteiger partial charge in [0, 0.05) is 35.0 Å². The van der Waals surface area contributed by atoms with Gasteiger partial charge in [0.05, 0.1) is 4.92 Å². The second-order valence-corrected chi connectivity index (χ2v) is 6.12. The van der Waals surface area contributed by atoms with Gasteiger partial charge in [0.2, 0.25) is 0 Å². The second-order valence-electron chi connectivity index (χ2n) is 5.69. The first kappa shape index (κ1) is 17.8. The van der Waals surface area contributed by atoms with Crippen LogP contribution < -0.4 is 10.1 Å². The molecule has 0 spiro atoms. The number of rotatable bonds is 7. The predicted octanol–water partition coefficient (Wildman–Crippen LogP) is 5.44. The molecule has 0 saturated heterocycles. The van der Waals surface area contributed by atoms with Gasteiger partial charge >= 0.3 is 0 Å². The molecule has 3 aromatic rings. The summed E-state index contributed by atoms with van der Waals surface area (Å²) in [6.45, 7) is 0.904. The molecule has 0 amide bonds. The number of benzene rings is 3. The quantitative estimate of drug-likeness (QED) is 0.445. The van der Waals surface area contributed by atoms with Crippen molar-refractivity contribution in [2.24, 2.45) is 0 Å². The van der Waals surface area contributed by atoms with Crippen LogP contribution in [0.25, 0.3) is 0 Å². The van der Waals surface area contributed by atoms with E-state index in [4.69, 9.17) is 16.3 Å². The van der Waals surface area contributed by atoms with Gasteiger partial charge in [0.15, 0.2) is 0 Å². The number of nitro benzene ring substituents is 1. The molecule has 0 aliphatic carbocycles. The highest BCUT2D eigenvalue weighted by molar-refractivity contribution is 6.30. The molecule has 3 aromatic carbocycles. The maximum absolute atomic E-state index is 10.9. The van der Waals surface area contributed by atoms with Gasteiger partial charge < -0.3 is 10.1 Å². The molecule has 3 rings (SSSR count). The summed E-state index contributed by atoms with van der Waals surface area (Å²) in [4.78, 5) is 10.5. The van der Waals surface area contributed by atoms with Crippen molar-refractivity contribution in [3.63, 3.8) is 0 Å². The fourth-order valence-corrected chi connectivity index (χ4v) is 2.72. The van der Waals surface area contributed by atoms with Crippen LogP contribution in [0.1, 0.15) is 11.1 Å². The molecule has 0 bridgehead atoms. The smallest absolute Gasteiger partial charge is 0.271 e. The van der Waals surface area contributed by atoms with Crippen molar-refractivity contribution < 1.29 is 9.66 Å². The van der Waals surface area contributed by atoms with Crippen LogP contribution in [-0.2, 0) is 13.2 Å². The summed E-state index contributed by atoms with van der Waals surface area (Å²) in [5.74, 6) is 0.755. The molecule has 132 valence electrons. The van der Waals surface area contributed by atoms with Crippen molar-refractivity contribution in [3.05, 3.63) is 99.1 Å². The molecular formula is C20H17ClN2O3. The third-order valence-electron chi connectivity index (χ3n) is 3.80. The average molecular weight is 369 g/mol. The van der Waals surface area contributed by atoms with E-state index in [1.165, 1.54) is 12.1 Å². The molecule has 0 aliphatic heterocycles. The molecule has 26 heavy (non-hydrogen) atoms. The molecule has 5 nitrogen and oxygen atoms in total. The number of nitro groups is 1. The lowest BCUT2D eigenvalue weighted by Gasteiger charge is -2.13. The van der Waals surface area contributed by atoms with E-state index in [0.717, 1.165) is 16.9 Å². The molecule has 0 atom stereocenters. The Morgan fingerprint density at radius 2 is 1.81 bits per heavy atom. The van der Waals surface area contributed by atoms with E-state index in [0.29, 0.717) is 23.9 Å². The molecule has 0 unspecified atom stereocenters. The minimum absolute atomic E-state index is 0.0560. The Bertz CT molecular complexity index is 915. The van der Waals surface area contributed by atoms with Gasteiger partial charge in [0.25, 0.3) is 5.69 Å². The van der Waals surface area contributed by atoms with Gasteiger partial charge in [-0.05, 0) is 29.8 Å². The minimum Gasteiger partial charge on any atom is -0.489 e. The normalized spacial score (nSPS) is 10.3. The largest absolute Gasteiger partial charge is 0.489 e. The molecule has 1 N–H and O–H groups in total. The topological polar surface area (TPSA) is 64.4 Å². The van der Waals surface area contributed by atoms with Crippen molar-refractivity contribution in [3.8, 4) is 5.75 Å². The van der Waals surface area contributed by atoms with Gasteiger partial charge in [0.1, 0.15) is 12.4 Å². The van der Waals surface area contributed by atoms with Crippen LogP contribution in [-0.4, -0.2) is 4.92 Å². The molecule has 0 heterocycles. The Hall–Kier alpha value is -3.05. The van der Waals surface area contributed by atoms with Crippen molar-refractivity contribution >= 4 is 23.0 Å². The number of halogens is 1. The zero-order valence-corrected chi connectivity index (χ0v) is 14.6. The van der Waals surface area contributed by atoms with Crippen molar-refractivity contribution in [2.75, 3.05) is 5.32 Å². The SMILES string of the molecule is O=[N+]([O-])c1cccc(NCc2ccccc2OCc2cccc(Cl)c2)c1. The number of hydrogen-bond acceptors (Lipinski definition) is 4. The Morgan fingerprint density at radius 3 is 2.62 bits per heavy atom. The van der Waals surface area contributed by atoms with E-state index in [2.05, 4.69) is 5.32 Å². The van der Waals surface area contributed by atoms with E-state index in [9.17, 15) is 10.1 Å². The van der Waals surface area contributed by atoms with Crippen LogP contribution in [0, 0.1) is 10.1 Å². The lowest BCUT2D eigenvalue weighted by molar-refractivity contribution is -0.384. The number of ether oxygens (including phenoxy) is 1. The molecule has 0 fully saturated rings. The van der Waals surface area contributed by atoms with Gasteiger partial charge in [-0.3, -0.25) is 10.1 Å². The highest BCUT2D eigenvalue weighted by Crippen LogP contribution is 2.23. The van der Waals surface area contributed by atoms with E-state index in [-0.39, 0.29) is 5.69 Å². The minimum atomic E-state index is -0.409. The fraction of sp³-hybridized carbons (Fsp3) is 0.100. The van der Waals surface area contributed by atoms with Gasteiger partial charge in [-0.25, -0.2) is 0 Å². The molecule has 0 saturated carbocycles. The maximum Gasteiger partial charge on any atom is 0.271 e. The summed E-state index contributed by atoms with van der Waals surface area (Å²) in [6.07, 6.45) is 0. The van der Waals surface area contributed by atoms with Crippen LogP contribution in [0.5, 0.6) is 5.75 Å². The number of non-ortho nitro benzene ring substituents is 1. The van der Waals surface area contributed by atoms with Crippen LogP contribution in [0.15, 0.2) is 72.8 Å². The molecule has 0 aromatic heterocycles. The highest BCUT2D eigenvalue weighted by Gasteiger charge is 2.07. The molecule has 0 aliphatic rings. The van der Waals surface area contributed by atoms with Crippen molar-refractivity contribution in [2.45, 2.75) is 13.2 Å². The third-order valence-corrected chi connectivity index (χ3v) is 4.03. The Balaban J connectivity index is 1.67. The lowest BCUT2D eigenvalue weighted by Crippen LogP contribution is -2.04. The summed E-state index contributed by atoms with van der Waals surface area (Å²) >= 11 is 6.00. The summed E-state index contributed by atoms with van der Waals surface area (Å²) in [5.41, 5.74) is 2.68. The molecule has 0 radical (unpaired) electrons. The predicted molar refractivity (Wildman–Crippen MR) is 103 cm³/mol. The Labute approximate surface area is 156 Å². The van der Waals surface area contributed by atoms with Gasteiger partial charge in [-0.2, -0.15) is 0 Å². The van der Waals surface area contributed by atoms with Gasteiger partial charge in [-0.1, -0.05) is 48.0 Å². The first-order valence-corrected chi connectivity index (χ1v) is 8.43. The maximum atomic E-state index is 10.9. The van der Waals surface area contributed by atoms with Crippen LogP contribution in [0.4, 0.5) is 11.4 Å². The Kier molecular flexibility index (Phi) is 5.71. The van der Waals surface area contributed by atoms with E-state index >= 15 is 0 Å². The van der Waals surface area contributed by atoms with Gasteiger partial charge in [-0.15, -0.1) is 0 Å². The molecular weight excluding hydrogens is 352 g/mol. The zero-order valence-electron chi connectivity index (χ0n) is 13.9. The van der Waals surface area contributed by atoms with Crippen LogP contribution in [0.3, 0.4) is 0 Å². The van der Waals surface area contributed by atoms with E-state index in [1.54, 1.807) is 12.1 Å². The lowest BCUT2D eigenvalue weighted by atomic mass is 10.2. The number of hydrogen-bond donors (Lipinski definition) is 1. The number of para-hydroxylation sites is 1. The Morgan fingerprint density at radius 1 is 1.00 bits per heavy atom. The monoisotopic (exact) mass is 368 g/mol. The first-order valence-electron chi connectivity index (χ1n) is 8.05.